The zero-order chi connectivity index (χ0) is 17.8. The monoisotopic (exact) mass is 340 g/mol. The Bertz CT molecular complexity index is 773. The summed E-state index contributed by atoms with van der Waals surface area (Å²) in [5, 5.41) is 2.81. The van der Waals surface area contributed by atoms with Crippen molar-refractivity contribution in [3.05, 3.63) is 48.5 Å². The fourth-order valence-electron chi connectivity index (χ4n) is 2.69. The van der Waals surface area contributed by atoms with Crippen LogP contribution in [0.5, 0.6) is 11.5 Å². The number of amides is 2. The summed E-state index contributed by atoms with van der Waals surface area (Å²) in [4.78, 5) is 26.0. The summed E-state index contributed by atoms with van der Waals surface area (Å²) in [6, 6.07) is 14.3. The van der Waals surface area contributed by atoms with Crippen LogP contribution in [0.3, 0.4) is 0 Å². The summed E-state index contributed by atoms with van der Waals surface area (Å²) in [6.45, 7) is 4.15. The number of nitrogens with one attached hydrogen (secondary N) is 1. The van der Waals surface area contributed by atoms with Crippen molar-refractivity contribution in [1.82, 2.24) is 0 Å². The van der Waals surface area contributed by atoms with E-state index in [1.807, 2.05) is 19.1 Å². The fourth-order valence-corrected chi connectivity index (χ4v) is 2.69. The fraction of sp³-hybridized carbons (Fsp3) is 0.263. The molecule has 0 aliphatic carbocycles. The largest absolute Gasteiger partial charge is 0.494 e. The summed E-state index contributed by atoms with van der Waals surface area (Å²) in [5.74, 6) is 0.835. The molecule has 0 saturated carbocycles. The van der Waals surface area contributed by atoms with Gasteiger partial charge in [0.25, 0.3) is 5.91 Å². The first-order valence-electron chi connectivity index (χ1n) is 8.16. The summed E-state index contributed by atoms with van der Waals surface area (Å²) in [5.41, 5.74) is 1.32. The van der Waals surface area contributed by atoms with Crippen molar-refractivity contribution in [3.8, 4) is 11.5 Å². The van der Waals surface area contributed by atoms with Gasteiger partial charge in [-0.05, 0) is 43.3 Å². The van der Waals surface area contributed by atoms with Gasteiger partial charge in [-0.2, -0.15) is 0 Å². The molecule has 0 spiro atoms. The van der Waals surface area contributed by atoms with E-state index in [1.165, 1.54) is 6.92 Å². The summed E-state index contributed by atoms with van der Waals surface area (Å²) < 4.78 is 11.2. The van der Waals surface area contributed by atoms with E-state index < -0.39 is 6.10 Å². The minimum Gasteiger partial charge on any atom is -0.494 e. The van der Waals surface area contributed by atoms with E-state index in [1.54, 1.807) is 41.3 Å². The topological polar surface area (TPSA) is 67.9 Å². The van der Waals surface area contributed by atoms with Crippen molar-refractivity contribution in [2.45, 2.75) is 20.0 Å². The van der Waals surface area contributed by atoms with Crippen molar-refractivity contribution in [3.63, 3.8) is 0 Å². The van der Waals surface area contributed by atoms with Gasteiger partial charge in [-0.1, -0.05) is 12.1 Å². The van der Waals surface area contributed by atoms with Crippen LogP contribution >= 0.6 is 0 Å². The minimum absolute atomic E-state index is 0.130. The Morgan fingerprint density at radius 3 is 2.60 bits per heavy atom. The predicted octanol–water partition coefficient (Wildman–Crippen LogP) is 2.84. The van der Waals surface area contributed by atoms with Crippen LogP contribution in [0, 0.1) is 0 Å². The van der Waals surface area contributed by atoms with Crippen LogP contribution < -0.4 is 19.7 Å². The molecule has 2 aromatic carbocycles. The molecule has 0 aromatic heterocycles. The lowest BCUT2D eigenvalue weighted by Gasteiger charge is -2.33. The number of hydrogen-bond donors (Lipinski definition) is 1. The summed E-state index contributed by atoms with van der Waals surface area (Å²) in [7, 11) is 0. The Morgan fingerprint density at radius 1 is 1.20 bits per heavy atom. The Labute approximate surface area is 146 Å². The number of ether oxygens (including phenoxy) is 2. The molecule has 1 N–H and O–H groups in total. The van der Waals surface area contributed by atoms with E-state index in [2.05, 4.69) is 5.32 Å². The third kappa shape index (κ3) is 3.74. The molecule has 0 fully saturated rings. The third-order valence-electron chi connectivity index (χ3n) is 3.88. The maximum absolute atomic E-state index is 12.6. The molecule has 25 heavy (non-hydrogen) atoms. The first-order chi connectivity index (χ1) is 12.1. The van der Waals surface area contributed by atoms with Gasteiger partial charge in [0.1, 0.15) is 11.5 Å². The number of nitrogens with zero attached hydrogens (tertiary/aromatic N) is 1. The van der Waals surface area contributed by atoms with Gasteiger partial charge in [0, 0.05) is 12.6 Å². The van der Waals surface area contributed by atoms with Gasteiger partial charge in [0.2, 0.25) is 5.91 Å². The molecular formula is C19H20N2O4. The third-order valence-corrected chi connectivity index (χ3v) is 3.88. The van der Waals surface area contributed by atoms with Crippen molar-refractivity contribution >= 4 is 23.2 Å². The number of hydrogen-bond acceptors (Lipinski definition) is 4. The molecule has 0 saturated heterocycles. The van der Waals surface area contributed by atoms with E-state index in [9.17, 15) is 9.59 Å². The number of benzene rings is 2. The van der Waals surface area contributed by atoms with Crippen LogP contribution in [0.1, 0.15) is 13.8 Å². The quantitative estimate of drug-likeness (QED) is 0.929. The maximum Gasteiger partial charge on any atom is 0.267 e. The first-order valence-corrected chi connectivity index (χ1v) is 8.16. The molecule has 0 unspecified atom stereocenters. The highest BCUT2D eigenvalue weighted by Crippen LogP contribution is 2.33. The number of para-hydroxylation sites is 2. The van der Waals surface area contributed by atoms with Gasteiger partial charge in [-0.15, -0.1) is 0 Å². The standard InChI is InChI=1S/C19H20N2O4/c1-3-24-15-10-8-14(9-11-15)20-19(23)18-12-21(13(2)22)16-6-4-5-7-17(16)25-18/h4-11,18H,3,12H2,1-2H3,(H,20,23)/t18-/m0/s1. The molecule has 3 rings (SSSR count). The normalized spacial score (nSPS) is 15.8. The number of carbonyl (C=O) groups is 2. The SMILES string of the molecule is CCOc1ccc(NC(=O)[C@@H]2CN(C(C)=O)c3ccccc3O2)cc1. The second-order valence-corrected chi connectivity index (χ2v) is 5.65. The van der Waals surface area contributed by atoms with Gasteiger partial charge in [0.05, 0.1) is 18.8 Å². The van der Waals surface area contributed by atoms with Gasteiger partial charge < -0.3 is 19.7 Å². The Balaban J connectivity index is 1.73. The number of carbonyl (C=O) groups excluding carboxylic acids is 2. The molecular weight excluding hydrogens is 320 g/mol. The van der Waals surface area contributed by atoms with Crippen LogP contribution in [0.2, 0.25) is 0 Å². The van der Waals surface area contributed by atoms with Crippen molar-refractivity contribution in [1.29, 1.82) is 0 Å². The lowest BCUT2D eigenvalue weighted by atomic mass is 10.1. The van der Waals surface area contributed by atoms with E-state index in [4.69, 9.17) is 9.47 Å². The van der Waals surface area contributed by atoms with Crippen LogP contribution in [0.25, 0.3) is 0 Å². The molecule has 0 bridgehead atoms. The average molecular weight is 340 g/mol. The second kappa shape index (κ2) is 7.25. The molecule has 1 aliphatic rings. The average Bonchev–Trinajstić information content (AvgIpc) is 2.62. The minimum atomic E-state index is -0.773. The molecule has 2 amide bonds. The van der Waals surface area contributed by atoms with E-state index in [0.29, 0.717) is 23.7 Å². The molecule has 0 radical (unpaired) electrons. The summed E-state index contributed by atoms with van der Waals surface area (Å²) >= 11 is 0. The Kier molecular flexibility index (Phi) is 4.88. The first kappa shape index (κ1) is 16.8. The van der Waals surface area contributed by atoms with Gasteiger partial charge in [-0.3, -0.25) is 9.59 Å². The van der Waals surface area contributed by atoms with Crippen molar-refractivity contribution in [2.24, 2.45) is 0 Å². The van der Waals surface area contributed by atoms with E-state index in [0.717, 1.165) is 5.75 Å². The van der Waals surface area contributed by atoms with Gasteiger partial charge >= 0.3 is 0 Å². The molecule has 1 atom stereocenters. The smallest absolute Gasteiger partial charge is 0.267 e. The highest BCUT2D eigenvalue weighted by atomic mass is 16.5. The highest BCUT2D eigenvalue weighted by molar-refractivity contribution is 5.99. The van der Waals surface area contributed by atoms with Crippen molar-refractivity contribution in [2.75, 3.05) is 23.4 Å². The van der Waals surface area contributed by atoms with Gasteiger partial charge in [0.15, 0.2) is 6.10 Å². The molecule has 1 aliphatic heterocycles. The second-order valence-electron chi connectivity index (χ2n) is 5.65. The van der Waals surface area contributed by atoms with Crippen LogP contribution in [-0.2, 0) is 9.59 Å². The molecule has 2 aromatic rings. The lowest BCUT2D eigenvalue weighted by molar-refractivity contribution is -0.123. The number of fused-ring (bicyclic) bond motifs is 1. The Hall–Kier alpha value is -3.02. The zero-order valence-electron chi connectivity index (χ0n) is 14.2. The Morgan fingerprint density at radius 2 is 1.92 bits per heavy atom. The maximum atomic E-state index is 12.6. The van der Waals surface area contributed by atoms with Crippen molar-refractivity contribution < 1.29 is 19.1 Å². The zero-order valence-corrected chi connectivity index (χ0v) is 14.2. The predicted molar refractivity (Wildman–Crippen MR) is 95.1 cm³/mol. The molecule has 130 valence electrons. The molecule has 6 nitrogen and oxygen atoms in total. The van der Waals surface area contributed by atoms with Gasteiger partial charge in [-0.25, -0.2) is 0 Å². The van der Waals surface area contributed by atoms with Crippen LogP contribution in [0.15, 0.2) is 48.5 Å². The molecule has 1 heterocycles. The number of anilines is 2. The van der Waals surface area contributed by atoms with E-state index >= 15 is 0 Å². The van der Waals surface area contributed by atoms with E-state index in [-0.39, 0.29) is 18.4 Å². The lowest BCUT2D eigenvalue weighted by Crippen LogP contribution is -2.48. The van der Waals surface area contributed by atoms with Crippen LogP contribution in [-0.4, -0.2) is 31.1 Å². The number of rotatable bonds is 4. The molecule has 6 heteroatoms. The highest BCUT2D eigenvalue weighted by Gasteiger charge is 2.32. The summed E-state index contributed by atoms with van der Waals surface area (Å²) in [6.07, 6.45) is -0.773. The van der Waals surface area contributed by atoms with Crippen LogP contribution in [0.4, 0.5) is 11.4 Å².